The maximum absolute atomic E-state index is 12.4. The van der Waals surface area contributed by atoms with Crippen molar-refractivity contribution in [3.63, 3.8) is 0 Å². The summed E-state index contributed by atoms with van der Waals surface area (Å²) in [5.41, 5.74) is 0. The maximum Gasteiger partial charge on any atom is 0.307 e. The summed E-state index contributed by atoms with van der Waals surface area (Å²) in [6.45, 7) is 6.02. The molecule has 1 rings (SSSR count). The van der Waals surface area contributed by atoms with E-state index in [-0.39, 0.29) is 17.7 Å². The van der Waals surface area contributed by atoms with Gasteiger partial charge in [-0.1, -0.05) is 26.7 Å². The van der Waals surface area contributed by atoms with Crippen LogP contribution in [0.4, 0.5) is 0 Å². The third-order valence-electron chi connectivity index (χ3n) is 3.41. The summed E-state index contributed by atoms with van der Waals surface area (Å²) in [5, 5.41) is 0. The van der Waals surface area contributed by atoms with Crippen LogP contribution in [-0.2, 0) is 14.1 Å². The average Bonchev–Trinajstić information content (AvgIpc) is 2.24. The van der Waals surface area contributed by atoms with Crippen LogP contribution >= 0.6 is 7.14 Å². The number of ether oxygens (including phenoxy) is 1. The van der Waals surface area contributed by atoms with Crippen LogP contribution in [0, 0.1) is 5.92 Å². The molecule has 0 bridgehead atoms. The predicted molar refractivity (Wildman–Crippen MR) is 66.2 cm³/mol. The third-order valence-corrected chi connectivity index (χ3v) is 6.12. The molecule has 0 radical (unpaired) electrons. The molecule has 0 aromatic carbocycles. The van der Waals surface area contributed by atoms with Crippen molar-refractivity contribution < 1.29 is 14.1 Å². The number of cyclic esters (lactones) is 1. The number of unbranched alkanes of at least 4 members (excludes halogenated alkanes) is 1. The van der Waals surface area contributed by atoms with Gasteiger partial charge in [-0.05, 0) is 19.5 Å². The van der Waals surface area contributed by atoms with Crippen molar-refractivity contribution in [2.45, 2.75) is 51.8 Å². The molecule has 16 heavy (non-hydrogen) atoms. The monoisotopic (exact) mass is 246 g/mol. The molecule has 1 aliphatic rings. The molecule has 1 heterocycles. The first-order valence-electron chi connectivity index (χ1n) is 6.27. The molecule has 0 N–H and O–H groups in total. The highest BCUT2D eigenvalue weighted by Gasteiger charge is 2.40. The molecule has 1 saturated heterocycles. The second-order valence-corrected chi connectivity index (χ2v) is 8.14. The lowest BCUT2D eigenvalue weighted by Crippen LogP contribution is -2.32. The molecular formula is C12H23O3P. The first-order chi connectivity index (χ1) is 7.51. The van der Waals surface area contributed by atoms with Crippen molar-refractivity contribution in [3.05, 3.63) is 0 Å². The molecule has 94 valence electrons. The van der Waals surface area contributed by atoms with Gasteiger partial charge in [0.15, 0.2) is 5.85 Å². The lowest BCUT2D eigenvalue weighted by atomic mass is 10.00. The molecule has 4 heteroatoms. The Kier molecular flexibility index (Phi) is 5.04. The van der Waals surface area contributed by atoms with E-state index in [2.05, 4.69) is 13.8 Å². The van der Waals surface area contributed by atoms with Gasteiger partial charge in [-0.25, -0.2) is 0 Å². The van der Waals surface area contributed by atoms with Crippen LogP contribution < -0.4 is 0 Å². The molecule has 0 aromatic rings. The summed E-state index contributed by atoms with van der Waals surface area (Å²) < 4.78 is 17.7. The molecule has 3 nitrogen and oxygen atoms in total. The Morgan fingerprint density at radius 3 is 2.75 bits per heavy atom. The highest BCUT2D eigenvalue weighted by Crippen LogP contribution is 2.54. The summed E-state index contributed by atoms with van der Waals surface area (Å²) in [4.78, 5) is 11.3. The van der Waals surface area contributed by atoms with Gasteiger partial charge in [-0.2, -0.15) is 0 Å². The Morgan fingerprint density at radius 2 is 2.19 bits per heavy atom. The van der Waals surface area contributed by atoms with Crippen LogP contribution in [0.1, 0.15) is 46.0 Å². The van der Waals surface area contributed by atoms with Gasteiger partial charge in [0.25, 0.3) is 0 Å². The molecular weight excluding hydrogens is 223 g/mol. The summed E-state index contributed by atoms with van der Waals surface area (Å²) in [7, 11) is -2.29. The van der Waals surface area contributed by atoms with Crippen molar-refractivity contribution >= 4 is 13.1 Å². The smallest absolute Gasteiger partial charge is 0.307 e. The van der Waals surface area contributed by atoms with Gasteiger partial charge in [0.2, 0.25) is 0 Å². The van der Waals surface area contributed by atoms with E-state index >= 15 is 0 Å². The normalized spacial score (nSPS) is 32.2. The van der Waals surface area contributed by atoms with Gasteiger partial charge in [0, 0.05) is 12.1 Å². The van der Waals surface area contributed by atoms with E-state index in [0.717, 1.165) is 25.7 Å². The van der Waals surface area contributed by atoms with Gasteiger partial charge in [-0.3, -0.25) is 4.79 Å². The SMILES string of the molecule is CCCCC(CC)C1OC(=O)CCP1(C)=O. The summed E-state index contributed by atoms with van der Waals surface area (Å²) in [5.74, 6) is -0.210. The van der Waals surface area contributed by atoms with E-state index in [1.165, 1.54) is 0 Å². The summed E-state index contributed by atoms with van der Waals surface area (Å²) in [6.07, 6.45) is 5.06. The van der Waals surface area contributed by atoms with Crippen molar-refractivity contribution in [1.82, 2.24) is 0 Å². The average molecular weight is 246 g/mol. The first kappa shape index (κ1) is 13.8. The highest BCUT2D eigenvalue weighted by atomic mass is 31.2. The quantitative estimate of drug-likeness (QED) is 0.551. The summed E-state index contributed by atoms with van der Waals surface area (Å²) >= 11 is 0. The zero-order valence-corrected chi connectivity index (χ0v) is 11.5. The minimum absolute atomic E-state index is 0.173. The zero-order chi connectivity index (χ0) is 12.2. The number of hydrogen-bond donors (Lipinski definition) is 0. The lowest BCUT2D eigenvalue weighted by Gasteiger charge is -2.34. The van der Waals surface area contributed by atoms with E-state index in [9.17, 15) is 9.36 Å². The van der Waals surface area contributed by atoms with Crippen molar-refractivity contribution in [1.29, 1.82) is 0 Å². The predicted octanol–water partition coefficient (Wildman–Crippen LogP) is 3.47. The molecule has 0 aliphatic carbocycles. The Bertz CT molecular complexity index is 288. The van der Waals surface area contributed by atoms with Crippen LogP contribution in [0.15, 0.2) is 0 Å². The largest absolute Gasteiger partial charge is 0.454 e. The number of hydrogen-bond acceptors (Lipinski definition) is 3. The van der Waals surface area contributed by atoms with Gasteiger partial charge in [-0.15, -0.1) is 0 Å². The van der Waals surface area contributed by atoms with Crippen LogP contribution in [0.3, 0.4) is 0 Å². The fourth-order valence-corrected chi connectivity index (χ4v) is 4.78. The minimum atomic E-state index is -2.29. The fourth-order valence-electron chi connectivity index (χ4n) is 2.30. The number of carbonyl (C=O) groups excluding carboxylic acids is 1. The molecule has 0 saturated carbocycles. The van der Waals surface area contributed by atoms with Crippen molar-refractivity contribution in [2.75, 3.05) is 12.8 Å². The van der Waals surface area contributed by atoms with Crippen LogP contribution in [-0.4, -0.2) is 24.6 Å². The molecule has 3 atom stereocenters. The number of rotatable bonds is 5. The van der Waals surface area contributed by atoms with Crippen molar-refractivity contribution in [3.8, 4) is 0 Å². The topological polar surface area (TPSA) is 43.4 Å². The molecule has 1 aliphatic heterocycles. The number of esters is 1. The van der Waals surface area contributed by atoms with Crippen LogP contribution in [0.2, 0.25) is 0 Å². The van der Waals surface area contributed by atoms with Crippen LogP contribution in [0.25, 0.3) is 0 Å². The standard InChI is InChI=1S/C12H23O3P/c1-4-6-7-10(5-2)12-15-11(13)8-9-16(12,3)14/h10,12H,4-9H2,1-3H3. The molecule has 1 fully saturated rings. The zero-order valence-electron chi connectivity index (χ0n) is 10.6. The molecule has 3 unspecified atom stereocenters. The van der Waals surface area contributed by atoms with E-state index in [1.807, 2.05) is 0 Å². The lowest BCUT2D eigenvalue weighted by molar-refractivity contribution is -0.148. The fraction of sp³-hybridized carbons (Fsp3) is 0.917. The van der Waals surface area contributed by atoms with Crippen molar-refractivity contribution in [2.24, 2.45) is 5.92 Å². The Hall–Kier alpha value is -0.300. The van der Waals surface area contributed by atoms with Crippen LogP contribution in [0.5, 0.6) is 0 Å². The van der Waals surface area contributed by atoms with Gasteiger partial charge in [0.05, 0.1) is 6.42 Å². The highest BCUT2D eigenvalue weighted by molar-refractivity contribution is 7.63. The minimum Gasteiger partial charge on any atom is -0.454 e. The van der Waals surface area contributed by atoms with E-state index < -0.39 is 7.14 Å². The van der Waals surface area contributed by atoms with Gasteiger partial charge in [0.1, 0.15) is 7.14 Å². The molecule has 0 aromatic heterocycles. The van der Waals surface area contributed by atoms with Gasteiger partial charge >= 0.3 is 5.97 Å². The Morgan fingerprint density at radius 1 is 1.50 bits per heavy atom. The summed E-state index contributed by atoms with van der Waals surface area (Å²) in [6, 6.07) is 0. The molecule has 0 amide bonds. The number of carbonyl (C=O) groups is 1. The Labute approximate surface area is 98.3 Å². The van der Waals surface area contributed by atoms with E-state index in [4.69, 9.17) is 4.74 Å². The Balaban J connectivity index is 2.71. The molecule has 0 spiro atoms. The third kappa shape index (κ3) is 3.35. The van der Waals surface area contributed by atoms with Gasteiger partial charge < -0.3 is 9.30 Å². The van der Waals surface area contributed by atoms with E-state index in [1.54, 1.807) is 6.66 Å². The second kappa shape index (κ2) is 5.86. The second-order valence-electron chi connectivity index (χ2n) is 4.84. The first-order valence-corrected chi connectivity index (χ1v) is 8.67. The maximum atomic E-state index is 12.4. The van der Waals surface area contributed by atoms with E-state index in [0.29, 0.717) is 12.6 Å².